The molecular formula is C31H43N3O4. The molecule has 0 unspecified atom stereocenters. The normalized spacial score (nSPS) is 19.0. The Bertz CT molecular complexity index is 1080. The maximum absolute atomic E-state index is 13.6. The van der Waals surface area contributed by atoms with Crippen LogP contribution in [0.25, 0.3) is 0 Å². The molecule has 1 aliphatic heterocycles. The van der Waals surface area contributed by atoms with E-state index in [1.165, 1.54) is 11.1 Å². The predicted molar refractivity (Wildman–Crippen MR) is 150 cm³/mol. The second-order valence-corrected chi connectivity index (χ2v) is 11.0. The highest BCUT2D eigenvalue weighted by Crippen LogP contribution is 2.27. The van der Waals surface area contributed by atoms with Gasteiger partial charge >= 0.3 is 0 Å². The number of ether oxygens (including phenoxy) is 2. The Morgan fingerprint density at radius 3 is 2.45 bits per heavy atom. The fourth-order valence-electron chi connectivity index (χ4n) is 5.58. The van der Waals surface area contributed by atoms with Crippen molar-refractivity contribution in [2.45, 2.75) is 46.1 Å². The van der Waals surface area contributed by atoms with Gasteiger partial charge in [0, 0.05) is 63.8 Å². The van der Waals surface area contributed by atoms with E-state index in [4.69, 9.17) is 9.47 Å². The summed E-state index contributed by atoms with van der Waals surface area (Å²) in [6.45, 7) is 10.3. The lowest BCUT2D eigenvalue weighted by atomic mass is 9.94. The van der Waals surface area contributed by atoms with Crippen LogP contribution in [0.15, 0.2) is 42.5 Å². The third kappa shape index (κ3) is 6.94. The van der Waals surface area contributed by atoms with Gasteiger partial charge in [0.1, 0.15) is 5.75 Å². The van der Waals surface area contributed by atoms with Gasteiger partial charge in [-0.2, -0.15) is 0 Å². The summed E-state index contributed by atoms with van der Waals surface area (Å²) in [6.07, 6.45) is 2.43. The van der Waals surface area contributed by atoms with Crippen molar-refractivity contribution < 1.29 is 19.1 Å². The van der Waals surface area contributed by atoms with Gasteiger partial charge in [-0.15, -0.1) is 0 Å². The Labute approximate surface area is 227 Å². The molecule has 0 radical (unpaired) electrons. The van der Waals surface area contributed by atoms with Crippen LogP contribution in [0.3, 0.4) is 0 Å². The molecule has 2 amide bonds. The number of nitrogens with one attached hydrogen (secondary N) is 2. The molecule has 7 heteroatoms. The molecule has 2 aliphatic rings. The molecule has 206 valence electrons. The number of hydrogen-bond donors (Lipinski definition) is 2. The van der Waals surface area contributed by atoms with Crippen molar-refractivity contribution in [1.29, 1.82) is 0 Å². The third-order valence-corrected chi connectivity index (χ3v) is 7.94. The highest BCUT2D eigenvalue weighted by molar-refractivity contribution is 5.95. The fraction of sp³-hybridized carbons (Fsp3) is 0.548. The molecule has 0 bridgehead atoms. The van der Waals surface area contributed by atoms with Crippen LogP contribution in [0.2, 0.25) is 0 Å². The van der Waals surface area contributed by atoms with Crippen LogP contribution in [-0.2, 0) is 22.4 Å². The van der Waals surface area contributed by atoms with Gasteiger partial charge in [-0.1, -0.05) is 30.3 Å². The molecule has 0 spiro atoms. The second-order valence-electron chi connectivity index (χ2n) is 11.0. The molecule has 0 aromatic heterocycles. The highest BCUT2D eigenvalue weighted by Gasteiger charge is 2.33. The molecule has 7 nitrogen and oxygen atoms in total. The number of fused-ring (bicyclic) bond motifs is 1. The van der Waals surface area contributed by atoms with Crippen LogP contribution in [0.4, 0.5) is 0 Å². The van der Waals surface area contributed by atoms with Crippen molar-refractivity contribution in [3.8, 4) is 5.75 Å². The van der Waals surface area contributed by atoms with Gasteiger partial charge in [0.2, 0.25) is 5.91 Å². The van der Waals surface area contributed by atoms with Gasteiger partial charge in [0.25, 0.3) is 5.91 Å². The minimum Gasteiger partial charge on any atom is -0.493 e. The second kappa shape index (κ2) is 13.3. The summed E-state index contributed by atoms with van der Waals surface area (Å²) >= 11 is 0. The molecule has 0 saturated carbocycles. The number of nitrogens with zero attached hydrogens (tertiary/aromatic N) is 1. The maximum atomic E-state index is 13.6. The fourth-order valence-corrected chi connectivity index (χ4v) is 5.58. The van der Waals surface area contributed by atoms with E-state index in [9.17, 15) is 9.59 Å². The Morgan fingerprint density at radius 2 is 1.76 bits per heavy atom. The minimum atomic E-state index is 0.0140. The van der Waals surface area contributed by atoms with Crippen molar-refractivity contribution in [3.05, 3.63) is 64.7 Å². The van der Waals surface area contributed by atoms with Crippen molar-refractivity contribution in [1.82, 2.24) is 15.5 Å². The Kier molecular flexibility index (Phi) is 9.80. The van der Waals surface area contributed by atoms with E-state index in [-0.39, 0.29) is 35.6 Å². The van der Waals surface area contributed by atoms with E-state index >= 15 is 0 Å². The summed E-state index contributed by atoms with van der Waals surface area (Å²) in [5.41, 5.74) is 4.23. The monoisotopic (exact) mass is 521 g/mol. The average molecular weight is 522 g/mol. The van der Waals surface area contributed by atoms with Gasteiger partial charge in [-0.25, -0.2) is 0 Å². The molecule has 1 heterocycles. The molecular weight excluding hydrogens is 478 g/mol. The smallest absolute Gasteiger partial charge is 0.254 e. The van der Waals surface area contributed by atoms with Crippen LogP contribution in [0.5, 0.6) is 5.75 Å². The van der Waals surface area contributed by atoms with Gasteiger partial charge in [0.05, 0.1) is 6.61 Å². The summed E-state index contributed by atoms with van der Waals surface area (Å²) in [5.74, 6) is 1.47. The largest absolute Gasteiger partial charge is 0.493 e. The van der Waals surface area contributed by atoms with Crippen LogP contribution >= 0.6 is 0 Å². The first-order chi connectivity index (χ1) is 18.4. The first-order valence-electron chi connectivity index (χ1n) is 14.0. The molecule has 1 saturated heterocycles. The lowest BCUT2D eigenvalue weighted by Gasteiger charge is -2.32. The van der Waals surface area contributed by atoms with E-state index < -0.39 is 0 Å². The van der Waals surface area contributed by atoms with Gasteiger partial charge in [-0.05, 0) is 74.3 Å². The van der Waals surface area contributed by atoms with Gasteiger partial charge in [-0.3, -0.25) is 9.59 Å². The van der Waals surface area contributed by atoms with Gasteiger partial charge in [0.15, 0.2) is 0 Å². The Morgan fingerprint density at radius 1 is 1.05 bits per heavy atom. The number of benzene rings is 2. The lowest BCUT2D eigenvalue weighted by Crippen LogP contribution is -2.44. The van der Waals surface area contributed by atoms with Crippen LogP contribution < -0.4 is 15.4 Å². The zero-order valence-corrected chi connectivity index (χ0v) is 23.3. The zero-order valence-electron chi connectivity index (χ0n) is 23.3. The number of carbonyl (C=O) groups excluding carboxylic acids is 2. The molecule has 38 heavy (non-hydrogen) atoms. The third-order valence-electron chi connectivity index (χ3n) is 7.94. The van der Waals surface area contributed by atoms with Crippen molar-refractivity contribution in [3.63, 3.8) is 0 Å². The van der Waals surface area contributed by atoms with Crippen molar-refractivity contribution in [2.75, 3.05) is 46.5 Å². The van der Waals surface area contributed by atoms with Crippen molar-refractivity contribution in [2.24, 2.45) is 17.8 Å². The molecule has 2 aromatic rings. The maximum Gasteiger partial charge on any atom is 0.254 e. The Balaban J connectivity index is 1.34. The van der Waals surface area contributed by atoms with E-state index in [0.29, 0.717) is 31.9 Å². The van der Waals surface area contributed by atoms with Crippen molar-refractivity contribution >= 4 is 11.8 Å². The standard InChI is InChI=1S/C31H43N3O4/c1-21(2)34(31(36)25-11-10-22(3)29(16-25)38-13-7-12-37-4)20-28-18-32-17-27(28)19-33-30(35)26-14-23-8-5-6-9-24(23)15-26/h5-6,8-11,16,21,26-28,32H,7,12-15,17-20H2,1-4H3,(H,33,35)/t27-,28-/m0/s1. The summed E-state index contributed by atoms with van der Waals surface area (Å²) in [4.78, 5) is 28.5. The molecule has 1 aliphatic carbocycles. The number of amides is 2. The minimum absolute atomic E-state index is 0.0140. The average Bonchev–Trinajstić information content (AvgIpc) is 3.55. The van der Waals surface area contributed by atoms with E-state index in [1.54, 1.807) is 7.11 Å². The number of aryl methyl sites for hydroxylation is 1. The number of hydrogen-bond acceptors (Lipinski definition) is 5. The number of carbonyl (C=O) groups is 2. The SMILES string of the molecule is COCCCOc1cc(C(=O)N(C[C@@H]2CNC[C@H]2CNC(=O)C2Cc3ccccc3C2)C(C)C)ccc1C. The number of rotatable bonds is 12. The van der Waals surface area contributed by atoms with E-state index in [0.717, 1.165) is 43.7 Å². The molecule has 2 aromatic carbocycles. The van der Waals surface area contributed by atoms with E-state index in [1.807, 2.05) is 42.2 Å². The summed E-state index contributed by atoms with van der Waals surface area (Å²) in [5, 5.41) is 6.71. The van der Waals surface area contributed by atoms with E-state index in [2.05, 4.69) is 36.6 Å². The lowest BCUT2D eigenvalue weighted by molar-refractivity contribution is -0.124. The van der Waals surface area contributed by atoms with Gasteiger partial charge < -0.3 is 25.0 Å². The van der Waals surface area contributed by atoms with Crippen LogP contribution in [-0.4, -0.2) is 69.3 Å². The topological polar surface area (TPSA) is 79.9 Å². The molecule has 4 rings (SSSR count). The number of methoxy groups -OCH3 is 1. The summed E-state index contributed by atoms with van der Waals surface area (Å²) in [7, 11) is 1.68. The first kappa shape index (κ1) is 28.1. The first-order valence-corrected chi connectivity index (χ1v) is 14.0. The summed E-state index contributed by atoms with van der Waals surface area (Å²) in [6, 6.07) is 14.1. The molecule has 1 fully saturated rings. The van der Waals surface area contributed by atoms with Crippen LogP contribution in [0.1, 0.15) is 47.3 Å². The quantitative estimate of drug-likeness (QED) is 0.417. The molecule has 2 atom stereocenters. The summed E-state index contributed by atoms with van der Waals surface area (Å²) < 4.78 is 11.0. The van der Waals surface area contributed by atoms with Crippen LogP contribution in [0, 0.1) is 24.7 Å². The Hall–Kier alpha value is -2.90. The molecule has 2 N–H and O–H groups in total. The highest BCUT2D eigenvalue weighted by atomic mass is 16.5. The predicted octanol–water partition coefficient (Wildman–Crippen LogP) is 3.63. The zero-order chi connectivity index (χ0) is 27.1.